The Kier molecular flexibility index (Phi) is 9.43. The summed E-state index contributed by atoms with van der Waals surface area (Å²) in [5, 5.41) is 4.79. The number of rotatable bonds is 10. The van der Waals surface area contributed by atoms with E-state index in [1.165, 1.54) is 7.11 Å². The number of nitrogens with two attached hydrogens (primary N) is 1. The smallest absolute Gasteiger partial charge is 0.389 e. The number of aliphatic imine (C=N–C) groups is 1. The minimum atomic E-state index is -4.78. The molecule has 0 bridgehead atoms. The molecule has 8 nitrogen and oxygen atoms in total. The number of para-hydroxylation sites is 1. The van der Waals surface area contributed by atoms with Crippen LogP contribution in [0.2, 0.25) is 0 Å². The molecule has 0 spiro atoms. The number of methoxy groups -OCH3 is 1. The van der Waals surface area contributed by atoms with Crippen LogP contribution >= 0.6 is 0 Å². The molecular formula is C26H26F6N4O4. The number of nitrogens with one attached hydrogen (secondary N) is 2. The predicted octanol–water partition coefficient (Wildman–Crippen LogP) is 4.33. The molecule has 0 unspecified atom stereocenters. The van der Waals surface area contributed by atoms with Crippen molar-refractivity contribution < 1.29 is 45.5 Å². The number of hydrogen-bond donors (Lipinski definition) is 3. The van der Waals surface area contributed by atoms with E-state index in [4.69, 9.17) is 10.5 Å². The maximum atomic E-state index is 13.3. The maximum absolute atomic E-state index is 13.3. The zero-order valence-electron chi connectivity index (χ0n) is 21.1. The molecule has 0 fully saturated rings. The second kappa shape index (κ2) is 12.4. The van der Waals surface area contributed by atoms with Gasteiger partial charge in [-0.2, -0.15) is 26.3 Å². The van der Waals surface area contributed by atoms with Gasteiger partial charge in [-0.3, -0.25) is 14.4 Å². The highest BCUT2D eigenvalue weighted by Crippen LogP contribution is 2.34. The van der Waals surface area contributed by atoms with E-state index in [-0.39, 0.29) is 17.1 Å². The second-order valence-electron chi connectivity index (χ2n) is 9.05. The summed E-state index contributed by atoms with van der Waals surface area (Å²) in [7, 11) is 1.36. The van der Waals surface area contributed by atoms with Crippen molar-refractivity contribution in [1.82, 2.24) is 5.32 Å². The van der Waals surface area contributed by atoms with Crippen LogP contribution in [0.3, 0.4) is 0 Å². The second-order valence-corrected chi connectivity index (χ2v) is 9.05. The van der Waals surface area contributed by atoms with Crippen molar-refractivity contribution in [1.29, 1.82) is 0 Å². The number of ether oxygens (including phenoxy) is 1. The number of halogens is 6. The van der Waals surface area contributed by atoms with Crippen molar-refractivity contribution in [3.8, 4) is 5.75 Å². The van der Waals surface area contributed by atoms with Gasteiger partial charge in [-0.25, -0.2) is 4.99 Å². The first-order valence-corrected chi connectivity index (χ1v) is 12.0. The monoisotopic (exact) mass is 572 g/mol. The summed E-state index contributed by atoms with van der Waals surface area (Å²) in [6.45, 7) is 0. The summed E-state index contributed by atoms with van der Waals surface area (Å²) < 4.78 is 83.0. The standard InChI is InChI=1S/C26H26F6N4O4/c1-40-18-9-5-8-17-19(14-6-3-2-4-7-14)34-22(24(39)35-20(17)18)36-23(38)16(11-13-26(30,31)32)15(21(33)37)10-12-25(27,28)29/h2-9,15-16,22H,10-13H2,1H3,(H2,33,37)(H,35,39)(H,36,38)/t15-,16+,22+/m0/s1. The summed E-state index contributed by atoms with van der Waals surface area (Å²) >= 11 is 0. The molecule has 0 saturated heterocycles. The number of fused-ring (bicyclic) bond motifs is 1. The van der Waals surface area contributed by atoms with Gasteiger partial charge in [-0.05, 0) is 18.9 Å². The van der Waals surface area contributed by atoms with Crippen LogP contribution in [0.4, 0.5) is 32.0 Å². The molecule has 4 N–H and O–H groups in total. The predicted molar refractivity (Wildman–Crippen MR) is 132 cm³/mol. The molecular weight excluding hydrogens is 546 g/mol. The van der Waals surface area contributed by atoms with Crippen molar-refractivity contribution in [3.63, 3.8) is 0 Å². The lowest BCUT2D eigenvalue weighted by atomic mass is 9.83. The zero-order chi connectivity index (χ0) is 29.7. The molecule has 1 aliphatic heterocycles. The van der Waals surface area contributed by atoms with E-state index in [1.807, 2.05) is 0 Å². The van der Waals surface area contributed by atoms with Gasteiger partial charge in [0.05, 0.1) is 18.5 Å². The number of hydrogen-bond acceptors (Lipinski definition) is 5. The first-order chi connectivity index (χ1) is 18.7. The number of alkyl halides is 6. The number of primary amides is 1. The maximum Gasteiger partial charge on any atom is 0.389 e. The van der Waals surface area contributed by atoms with Gasteiger partial charge in [0.25, 0.3) is 5.91 Å². The Morgan fingerprint density at radius 1 is 0.975 bits per heavy atom. The molecule has 3 rings (SSSR count). The fourth-order valence-corrected chi connectivity index (χ4v) is 4.34. The molecule has 2 aromatic carbocycles. The Hall–Kier alpha value is -4.10. The molecule has 0 saturated carbocycles. The molecule has 2 aromatic rings. The summed E-state index contributed by atoms with van der Waals surface area (Å²) in [6.07, 6.45) is -16.4. The van der Waals surface area contributed by atoms with Crippen molar-refractivity contribution in [2.24, 2.45) is 22.6 Å². The Balaban J connectivity index is 2.01. The van der Waals surface area contributed by atoms with Gasteiger partial charge in [0, 0.05) is 35.8 Å². The van der Waals surface area contributed by atoms with Crippen LogP contribution < -0.4 is 21.1 Å². The number of nitrogens with zero attached hydrogens (tertiary/aromatic N) is 1. The average Bonchev–Trinajstić information content (AvgIpc) is 3.01. The molecule has 0 aliphatic carbocycles. The van der Waals surface area contributed by atoms with E-state index in [2.05, 4.69) is 15.6 Å². The van der Waals surface area contributed by atoms with E-state index in [0.717, 1.165) is 0 Å². The van der Waals surface area contributed by atoms with Crippen LogP contribution in [-0.2, 0) is 14.4 Å². The van der Waals surface area contributed by atoms with E-state index in [9.17, 15) is 40.7 Å². The fraction of sp³-hybridized carbons (Fsp3) is 0.385. The number of benzodiazepines with no additional fused rings is 1. The van der Waals surface area contributed by atoms with Crippen LogP contribution in [0.1, 0.15) is 36.8 Å². The quantitative estimate of drug-likeness (QED) is 0.367. The van der Waals surface area contributed by atoms with Crippen LogP contribution in [0, 0.1) is 11.8 Å². The number of carbonyl (C=O) groups excluding carboxylic acids is 3. The van der Waals surface area contributed by atoms with Gasteiger partial charge < -0.3 is 21.1 Å². The van der Waals surface area contributed by atoms with Gasteiger partial charge in [-0.15, -0.1) is 0 Å². The highest BCUT2D eigenvalue weighted by atomic mass is 19.4. The van der Waals surface area contributed by atoms with E-state index in [1.54, 1.807) is 48.5 Å². The molecule has 216 valence electrons. The molecule has 3 amide bonds. The number of benzene rings is 2. The third-order valence-electron chi connectivity index (χ3n) is 6.25. The first-order valence-electron chi connectivity index (χ1n) is 12.0. The Bertz CT molecular complexity index is 1260. The van der Waals surface area contributed by atoms with Gasteiger partial charge in [0.1, 0.15) is 5.75 Å². The largest absolute Gasteiger partial charge is 0.495 e. The van der Waals surface area contributed by atoms with Crippen LogP contribution in [0.15, 0.2) is 53.5 Å². The summed E-state index contributed by atoms with van der Waals surface area (Å²) in [5.74, 6) is -7.08. The average molecular weight is 573 g/mol. The number of anilines is 1. The van der Waals surface area contributed by atoms with Gasteiger partial charge in [0.15, 0.2) is 0 Å². The van der Waals surface area contributed by atoms with E-state index in [0.29, 0.717) is 11.1 Å². The van der Waals surface area contributed by atoms with Gasteiger partial charge in [0.2, 0.25) is 18.0 Å². The Morgan fingerprint density at radius 3 is 2.12 bits per heavy atom. The third kappa shape index (κ3) is 7.96. The topological polar surface area (TPSA) is 123 Å². The molecule has 0 radical (unpaired) electrons. The molecule has 1 heterocycles. The van der Waals surface area contributed by atoms with Gasteiger partial charge >= 0.3 is 12.4 Å². The fourth-order valence-electron chi connectivity index (χ4n) is 4.34. The normalized spacial score (nSPS) is 17.0. The van der Waals surface area contributed by atoms with Crippen LogP contribution in [0.25, 0.3) is 0 Å². The van der Waals surface area contributed by atoms with Crippen molar-refractivity contribution in [2.45, 2.75) is 44.2 Å². The summed E-state index contributed by atoms with van der Waals surface area (Å²) in [5.41, 5.74) is 6.58. The van der Waals surface area contributed by atoms with Crippen molar-refractivity contribution in [3.05, 3.63) is 59.7 Å². The van der Waals surface area contributed by atoms with Crippen LogP contribution in [-0.4, -0.2) is 49.1 Å². The molecule has 40 heavy (non-hydrogen) atoms. The molecule has 14 heteroatoms. The van der Waals surface area contributed by atoms with Gasteiger partial charge in [-0.1, -0.05) is 42.5 Å². The Morgan fingerprint density at radius 2 is 1.57 bits per heavy atom. The molecule has 1 aliphatic rings. The zero-order valence-corrected chi connectivity index (χ0v) is 21.1. The summed E-state index contributed by atoms with van der Waals surface area (Å²) in [6, 6.07) is 13.3. The molecule has 3 atom stereocenters. The highest BCUT2D eigenvalue weighted by Gasteiger charge is 2.40. The first kappa shape index (κ1) is 30.4. The van der Waals surface area contributed by atoms with Crippen molar-refractivity contribution >= 4 is 29.1 Å². The highest BCUT2D eigenvalue weighted by molar-refractivity contribution is 6.20. The van der Waals surface area contributed by atoms with E-state index < -0.39 is 73.8 Å². The lowest BCUT2D eigenvalue weighted by Gasteiger charge is -2.26. The number of amides is 3. The molecule has 0 aromatic heterocycles. The SMILES string of the molecule is COc1cccc2c1NC(=O)[C@@H](NC(=O)[C@H](CCC(F)(F)F)[C@H](CCC(F)(F)F)C(N)=O)N=C2c1ccccc1. The lowest BCUT2D eigenvalue weighted by Crippen LogP contribution is -2.48. The minimum absolute atomic E-state index is 0.211. The van der Waals surface area contributed by atoms with Crippen molar-refractivity contribution in [2.75, 3.05) is 12.4 Å². The minimum Gasteiger partial charge on any atom is -0.495 e. The third-order valence-corrected chi connectivity index (χ3v) is 6.25. The number of carbonyl (C=O) groups is 3. The van der Waals surface area contributed by atoms with E-state index >= 15 is 0 Å². The van der Waals surface area contributed by atoms with Crippen LogP contribution in [0.5, 0.6) is 5.75 Å². The lowest BCUT2D eigenvalue weighted by molar-refractivity contribution is -0.152. The Labute approximate surface area is 225 Å². The summed E-state index contributed by atoms with van der Waals surface area (Å²) in [4.78, 5) is 42.8.